The van der Waals surface area contributed by atoms with Crippen LogP contribution in [0.2, 0.25) is 0 Å². The Kier molecular flexibility index (Phi) is 6.77. The molecule has 3 aromatic heterocycles. The minimum atomic E-state index is -4.74. The van der Waals surface area contributed by atoms with E-state index in [2.05, 4.69) is 9.97 Å². The number of para-hydroxylation sites is 2. The van der Waals surface area contributed by atoms with E-state index in [0.717, 1.165) is 22.2 Å². The van der Waals surface area contributed by atoms with Crippen molar-refractivity contribution >= 4 is 47.9 Å². The molecule has 6 rings (SSSR count). The third-order valence-corrected chi connectivity index (χ3v) is 7.70. The molecule has 0 amide bonds. The maximum atomic E-state index is 13.5. The van der Waals surface area contributed by atoms with Gasteiger partial charge in [-0.15, -0.1) is 0 Å². The van der Waals surface area contributed by atoms with Gasteiger partial charge < -0.3 is 15.8 Å². The Balaban J connectivity index is 1.43. The molecule has 0 saturated carbocycles. The zero-order valence-electron chi connectivity index (χ0n) is 21.7. The van der Waals surface area contributed by atoms with Gasteiger partial charge in [-0.3, -0.25) is 0 Å². The first-order valence-corrected chi connectivity index (χ1v) is 13.9. The van der Waals surface area contributed by atoms with Gasteiger partial charge in [-0.05, 0) is 50.2 Å². The molecule has 0 fully saturated rings. The van der Waals surface area contributed by atoms with Gasteiger partial charge in [0, 0.05) is 39.7 Å². The zero-order chi connectivity index (χ0) is 28.7. The Labute approximate surface area is 236 Å². The first kappa shape index (κ1) is 26.6. The number of halogens is 3. The molecule has 0 N–H and O–H groups in total. The van der Waals surface area contributed by atoms with Gasteiger partial charge in [0.2, 0.25) is 0 Å². The molecule has 204 valence electrons. The van der Waals surface area contributed by atoms with Crippen LogP contribution in [0.25, 0.3) is 32.8 Å². The van der Waals surface area contributed by atoms with Crippen molar-refractivity contribution in [2.24, 2.45) is 0 Å². The summed E-state index contributed by atoms with van der Waals surface area (Å²) in [5.74, 6) is 0.934. The maximum absolute atomic E-state index is 13.5. The van der Waals surface area contributed by atoms with Crippen molar-refractivity contribution in [3.63, 3.8) is 0 Å². The minimum Gasteiger partial charge on any atom is -0.577 e. The SMILES string of the molecule is Cc1ccc2cccc([O][Al]([O]c3ccc4c(C(F)(F)F)cc(=O)oc4c3)[O]c3cccc4ccc(C)nc34)c2n1. The summed E-state index contributed by atoms with van der Waals surface area (Å²) in [6.07, 6.45) is -4.74. The summed E-state index contributed by atoms with van der Waals surface area (Å²) in [6, 6.07) is 22.7. The Bertz CT molecular complexity index is 1910. The molecule has 41 heavy (non-hydrogen) atoms. The molecule has 3 aromatic carbocycles. The van der Waals surface area contributed by atoms with Crippen LogP contribution in [-0.2, 0) is 6.18 Å². The third-order valence-electron chi connectivity index (χ3n) is 6.35. The molecule has 0 aliphatic heterocycles. The average Bonchev–Trinajstić information content (AvgIpc) is 2.92. The van der Waals surface area contributed by atoms with Crippen LogP contribution in [0.5, 0.6) is 17.2 Å². The molecule has 0 aliphatic rings. The summed E-state index contributed by atoms with van der Waals surface area (Å²) >= 11 is -3.22. The first-order valence-electron chi connectivity index (χ1n) is 12.5. The highest BCUT2D eigenvalue weighted by atomic mass is 27.3. The lowest BCUT2D eigenvalue weighted by atomic mass is 10.1. The summed E-state index contributed by atoms with van der Waals surface area (Å²) in [5.41, 5.74) is 0.273. The second-order valence-corrected chi connectivity index (χ2v) is 10.6. The second kappa shape index (κ2) is 10.4. The molecule has 3 heterocycles. The number of benzene rings is 3. The fraction of sp³-hybridized carbons (Fsp3) is 0.100. The smallest absolute Gasteiger partial charge is 0.577 e. The molecule has 0 radical (unpaired) electrons. The van der Waals surface area contributed by atoms with Gasteiger partial charge in [-0.2, -0.15) is 13.2 Å². The summed E-state index contributed by atoms with van der Waals surface area (Å²) in [4.78, 5) is 21.1. The fourth-order valence-electron chi connectivity index (χ4n) is 4.47. The van der Waals surface area contributed by atoms with Crippen LogP contribution in [0.1, 0.15) is 17.0 Å². The van der Waals surface area contributed by atoms with E-state index in [1.165, 1.54) is 18.2 Å². The van der Waals surface area contributed by atoms with Crippen molar-refractivity contribution in [1.82, 2.24) is 9.97 Å². The lowest BCUT2D eigenvalue weighted by Gasteiger charge is -2.18. The van der Waals surface area contributed by atoms with E-state index in [1.807, 2.05) is 62.4 Å². The van der Waals surface area contributed by atoms with Crippen LogP contribution in [0.15, 0.2) is 94.1 Å². The quantitative estimate of drug-likeness (QED) is 0.156. The van der Waals surface area contributed by atoms with Crippen molar-refractivity contribution in [3.05, 3.63) is 112 Å². The first-order chi connectivity index (χ1) is 19.6. The van der Waals surface area contributed by atoms with E-state index in [1.54, 1.807) is 12.1 Å². The molecule has 0 aliphatic carbocycles. The molecule has 0 bridgehead atoms. The molecule has 7 nitrogen and oxygen atoms in total. The standard InChI is InChI=1S/C10H5F3O3.2C10H9NO.Al/c11-10(12,13)7-4-9(15)16-8-3-5(14)1-2-6(7)8;2*1-7-5-6-8-3-2-4-9(12)10(8)11-7;/h1-4,14H;2*2-6,12H,1H3;/q;;;+3/p-3. The number of alkyl halides is 3. The molecular formula is C30H20AlF3N2O5. The average molecular weight is 572 g/mol. The van der Waals surface area contributed by atoms with Crippen molar-refractivity contribution in [1.29, 1.82) is 0 Å². The Morgan fingerprint density at radius 1 is 0.732 bits per heavy atom. The topological polar surface area (TPSA) is 83.7 Å². The maximum Gasteiger partial charge on any atom is 1.20 e. The summed E-state index contributed by atoms with van der Waals surface area (Å²) < 4.78 is 64.5. The lowest BCUT2D eigenvalue weighted by Crippen LogP contribution is -2.37. The van der Waals surface area contributed by atoms with Gasteiger partial charge in [-0.1, -0.05) is 36.4 Å². The normalized spacial score (nSPS) is 11.6. The number of aromatic nitrogens is 2. The Hall–Kier alpha value is -4.59. The van der Waals surface area contributed by atoms with Crippen LogP contribution in [0.4, 0.5) is 13.2 Å². The predicted octanol–water partition coefficient (Wildman–Crippen LogP) is 7.05. The number of rotatable bonds is 6. The van der Waals surface area contributed by atoms with Crippen LogP contribution in [0.3, 0.4) is 0 Å². The number of pyridine rings is 2. The number of fused-ring (bicyclic) bond motifs is 3. The van der Waals surface area contributed by atoms with Gasteiger partial charge in [0.25, 0.3) is 0 Å². The van der Waals surface area contributed by atoms with Crippen LogP contribution in [-0.4, -0.2) is 25.1 Å². The van der Waals surface area contributed by atoms with E-state index in [4.69, 9.17) is 15.8 Å². The van der Waals surface area contributed by atoms with E-state index in [-0.39, 0.29) is 16.7 Å². The molecule has 0 saturated heterocycles. The van der Waals surface area contributed by atoms with Gasteiger partial charge in [-0.25, -0.2) is 14.8 Å². The molecule has 0 atom stereocenters. The predicted molar refractivity (Wildman–Crippen MR) is 148 cm³/mol. The monoisotopic (exact) mass is 572 g/mol. The molecule has 0 spiro atoms. The molecule has 11 heteroatoms. The number of hydrogen-bond acceptors (Lipinski definition) is 7. The summed E-state index contributed by atoms with van der Waals surface area (Å²) in [6.45, 7) is 3.72. The van der Waals surface area contributed by atoms with E-state index >= 15 is 0 Å². The van der Waals surface area contributed by atoms with E-state index < -0.39 is 32.5 Å². The third kappa shape index (κ3) is 5.55. The van der Waals surface area contributed by atoms with Crippen molar-refractivity contribution < 1.29 is 29.0 Å². The molecule has 6 aromatic rings. The summed E-state index contributed by atoms with van der Waals surface area (Å²) in [5, 5.41) is 1.41. The highest BCUT2D eigenvalue weighted by Crippen LogP contribution is 2.35. The van der Waals surface area contributed by atoms with Gasteiger partial charge in [0.05, 0.1) is 11.3 Å². The minimum absolute atomic E-state index is 0.102. The number of aryl methyl sites for hydroxylation is 2. The van der Waals surface area contributed by atoms with Crippen LogP contribution < -0.4 is 17.0 Å². The highest BCUT2D eigenvalue weighted by molar-refractivity contribution is 6.40. The Morgan fingerprint density at radius 2 is 1.32 bits per heavy atom. The largest absolute Gasteiger partial charge is 1.20 e. The van der Waals surface area contributed by atoms with E-state index in [0.29, 0.717) is 28.6 Å². The van der Waals surface area contributed by atoms with Gasteiger partial charge in [0.1, 0.15) is 28.1 Å². The fourth-order valence-corrected chi connectivity index (χ4v) is 5.77. The molecule has 0 unspecified atom stereocenters. The van der Waals surface area contributed by atoms with E-state index in [9.17, 15) is 18.0 Å². The highest BCUT2D eigenvalue weighted by Gasteiger charge is 2.45. The Morgan fingerprint density at radius 3 is 1.88 bits per heavy atom. The van der Waals surface area contributed by atoms with Crippen molar-refractivity contribution in [2.45, 2.75) is 20.0 Å². The summed E-state index contributed by atoms with van der Waals surface area (Å²) in [7, 11) is 0. The van der Waals surface area contributed by atoms with Crippen LogP contribution in [0, 0.1) is 13.8 Å². The number of nitrogens with zero attached hydrogens (tertiary/aromatic N) is 2. The van der Waals surface area contributed by atoms with Crippen LogP contribution >= 0.6 is 0 Å². The van der Waals surface area contributed by atoms with Gasteiger partial charge in [0.15, 0.2) is 0 Å². The van der Waals surface area contributed by atoms with Gasteiger partial charge >= 0.3 is 27.0 Å². The van der Waals surface area contributed by atoms with Crippen molar-refractivity contribution in [3.8, 4) is 17.2 Å². The molecular weight excluding hydrogens is 552 g/mol. The zero-order valence-corrected chi connectivity index (χ0v) is 22.9. The lowest BCUT2D eigenvalue weighted by molar-refractivity contribution is -0.136. The number of hydrogen-bond donors (Lipinski definition) is 0. The second-order valence-electron chi connectivity index (χ2n) is 9.34. The van der Waals surface area contributed by atoms with Crippen molar-refractivity contribution in [2.75, 3.05) is 0 Å².